The molecule has 0 rings (SSSR count). The van der Waals surface area contributed by atoms with E-state index < -0.39 is 42.3 Å². The van der Waals surface area contributed by atoms with Gasteiger partial charge in [-0.05, 0) is 6.92 Å². The van der Waals surface area contributed by atoms with E-state index in [2.05, 4.69) is 33.9 Å². The largest absolute Gasteiger partial charge is 0.480 e. The van der Waals surface area contributed by atoms with Gasteiger partial charge in [-0.3, -0.25) is 24.0 Å². The molecule has 0 aromatic rings. The molecule has 0 bridgehead atoms. The molecule has 0 aliphatic carbocycles. The Bertz CT molecular complexity index is 484. The van der Waals surface area contributed by atoms with Gasteiger partial charge >= 0.3 is 5.97 Å². The number of nitrogens with one attached hydrogen (secondary N) is 4. The molecule has 0 aromatic carbocycles. The third-order valence-electron chi connectivity index (χ3n) is 2.50. The van der Waals surface area contributed by atoms with E-state index in [1.165, 1.54) is 13.8 Å². The molecule has 0 fully saturated rings. The first-order valence-electron chi connectivity index (χ1n) is 6.61. The third-order valence-corrected chi connectivity index (χ3v) is 2.86. The number of carboxylic acid groups (broad SMARTS) is 1. The van der Waals surface area contributed by atoms with Crippen molar-refractivity contribution >= 4 is 42.2 Å². The highest BCUT2D eigenvalue weighted by Gasteiger charge is 2.23. The highest BCUT2D eigenvalue weighted by Crippen LogP contribution is 1.92. The van der Waals surface area contributed by atoms with Crippen LogP contribution in [0.2, 0.25) is 0 Å². The van der Waals surface area contributed by atoms with Gasteiger partial charge in [0.05, 0.1) is 6.54 Å². The van der Waals surface area contributed by atoms with Crippen LogP contribution >= 0.6 is 12.6 Å². The Kier molecular flexibility index (Phi) is 9.39. The van der Waals surface area contributed by atoms with Crippen LogP contribution < -0.4 is 21.3 Å². The van der Waals surface area contributed by atoms with Crippen molar-refractivity contribution in [1.82, 2.24) is 21.3 Å². The number of amides is 4. The third kappa shape index (κ3) is 9.34. The van der Waals surface area contributed by atoms with Crippen molar-refractivity contribution in [3.05, 3.63) is 0 Å². The van der Waals surface area contributed by atoms with Crippen molar-refractivity contribution in [2.75, 3.05) is 18.8 Å². The van der Waals surface area contributed by atoms with Gasteiger partial charge in [0.25, 0.3) is 0 Å². The van der Waals surface area contributed by atoms with Crippen molar-refractivity contribution in [2.45, 2.75) is 25.9 Å². The minimum atomic E-state index is -1.22. The second-order valence-electron chi connectivity index (χ2n) is 4.55. The lowest BCUT2D eigenvalue weighted by molar-refractivity contribution is -0.138. The molecule has 5 N–H and O–H groups in total. The summed E-state index contributed by atoms with van der Waals surface area (Å²) in [5.41, 5.74) is 0. The maximum absolute atomic E-state index is 11.9. The van der Waals surface area contributed by atoms with Crippen molar-refractivity contribution in [2.24, 2.45) is 0 Å². The summed E-state index contributed by atoms with van der Waals surface area (Å²) in [5, 5.41) is 17.5. The smallest absolute Gasteiger partial charge is 0.322 e. The van der Waals surface area contributed by atoms with Crippen molar-refractivity contribution in [3.63, 3.8) is 0 Å². The van der Waals surface area contributed by atoms with E-state index in [1.807, 2.05) is 0 Å². The van der Waals surface area contributed by atoms with Gasteiger partial charge in [-0.1, -0.05) is 0 Å². The molecule has 130 valence electrons. The first-order valence-corrected chi connectivity index (χ1v) is 7.25. The summed E-state index contributed by atoms with van der Waals surface area (Å²) in [7, 11) is 0. The zero-order valence-electron chi connectivity index (χ0n) is 12.7. The van der Waals surface area contributed by atoms with Crippen LogP contribution in [-0.4, -0.2) is 65.6 Å². The molecule has 11 heteroatoms. The average Bonchev–Trinajstić information content (AvgIpc) is 2.47. The van der Waals surface area contributed by atoms with Gasteiger partial charge in [-0.25, -0.2) is 0 Å². The lowest BCUT2D eigenvalue weighted by Crippen LogP contribution is -2.54. The Balaban J connectivity index is 4.40. The Morgan fingerprint density at radius 1 is 1.00 bits per heavy atom. The van der Waals surface area contributed by atoms with E-state index in [4.69, 9.17) is 5.11 Å². The van der Waals surface area contributed by atoms with Gasteiger partial charge in [0, 0.05) is 12.7 Å². The van der Waals surface area contributed by atoms with Crippen molar-refractivity contribution in [3.8, 4) is 0 Å². The normalized spacial score (nSPS) is 12.5. The fraction of sp³-hybridized carbons (Fsp3) is 0.583. The molecule has 10 nitrogen and oxygen atoms in total. The number of carbonyl (C=O) groups is 5. The molecule has 2 atom stereocenters. The Labute approximate surface area is 138 Å². The van der Waals surface area contributed by atoms with Crippen LogP contribution in [0.4, 0.5) is 0 Å². The molecular formula is C12H20N4O6S. The first-order chi connectivity index (χ1) is 10.7. The van der Waals surface area contributed by atoms with E-state index in [0.29, 0.717) is 0 Å². The maximum Gasteiger partial charge on any atom is 0.322 e. The second-order valence-corrected chi connectivity index (χ2v) is 4.92. The van der Waals surface area contributed by atoms with Crippen LogP contribution in [0.3, 0.4) is 0 Å². The van der Waals surface area contributed by atoms with E-state index in [1.54, 1.807) is 0 Å². The zero-order valence-corrected chi connectivity index (χ0v) is 13.6. The summed E-state index contributed by atoms with van der Waals surface area (Å²) < 4.78 is 0. The maximum atomic E-state index is 11.9. The predicted molar refractivity (Wildman–Crippen MR) is 82.7 cm³/mol. The molecule has 0 saturated heterocycles. The minimum absolute atomic E-state index is 0.0518. The van der Waals surface area contributed by atoms with E-state index in [0.717, 1.165) is 0 Å². The van der Waals surface area contributed by atoms with Crippen molar-refractivity contribution < 1.29 is 29.1 Å². The number of carboxylic acids is 1. The fourth-order valence-corrected chi connectivity index (χ4v) is 1.60. The summed E-state index contributed by atoms with van der Waals surface area (Å²) in [6.07, 6.45) is 0. The van der Waals surface area contributed by atoms with Crippen molar-refractivity contribution in [1.29, 1.82) is 0 Å². The lowest BCUT2D eigenvalue weighted by Gasteiger charge is -2.19. The van der Waals surface area contributed by atoms with E-state index in [9.17, 15) is 24.0 Å². The van der Waals surface area contributed by atoms with Crippen LogP contribution in [0.5, 0.6) is 0 Å². The molecule has 0 heterocycles. The van der Waals surface area contributed by atoms with Crippen LogP contribution in [0.25, 0.3) is 0 Å². The van der Waals surface area contributed by atoms with Gasteiger partial charge in [-0.15, -0.1) is 0 Å². The number of carbonyl (C=O) groups excluding carboxylic acids is 4. The number of hydrogen-bond acceptors (Lipinski definition) is 6. The number of aliphatic carboxylic acids is 1. The molecule has 0 aromatic heterocycles. The van der Waals surface area contributed by atoms with Gasteiger partial charge in [0.1, 0.15) is 18.6 Å². The highest BCUT2D eigenvalue weighted by molar-refractivity contribution is 7.80. The van der Waals surface area contributed by atoms with E-state index in [-0.39, 0.29) is 18.2 Å². The summed E-state index contributed by atoms with van der Waals surface area (Å²) in [5.74, 6) is -3.58. The summed E-state index contributed by atoms with van der Waals surface area (Å²) in [6, 6.07) is -1.99. The molecule has 0 aliphatic rings. The molecule has 0 unspecified atom stereocenters. The lowest BCUT2D eigenvalue weighted by atomic mass is 10.2. The van der Waals surface area contributed by atoms with Gasteiger partial charge in [-0.2, -0.15) is 12.6 Å². The molecule has 0 spiro atoms. The molecule has 0 aliphatic heterocycles. The van der Waals surface area contributed by atoms with Gasteiger partial charge < -0.3 is 26.4 Å². The van der Waals surface area contributed by atoms with Gasteiger partial charge in [0.2, 0.25) is 23.6 Å². The second kappa shape index (κ2) is 10.4. The first kappa shape index (κ1) is 20.7. The topological polar surface area (TPSA) is 154 Å². The Morgan fingerprint density at radius 2 is 1.61 bits per heavy atom. The minimum Gasteiger partial charge on any atom is -0.480 e. The summed E-state index contributed by atoms with van der Waals surface area (Å²) in [6.45, 7) is 1.78. The zero-order chi connectivity index (χ0) is 18.0. The standard InChI is InChI=1S/C12H20N4O6S/c1-6(15-9(18)3-13-7(2)17)11(21)16-8(5-23)12(22)14-4-10(19)20/h6,8,23H,3-5H2,1-2H3,(H,13,17)(H,14,22)(H,15,18)(H,16,21)(H,19,20)/t6-,8-/m0/s1. The fourth-order valence-electron chi connectivity index (χ4n) is 1.34. The molecule has 4 amide bonds. The molecule has 0 saturated carbocycles. The van der Waals surface area contributed by atoms with E-state index >= 15 is 0 Å². The Hall–Kier alpha value is -2.30. The number of hydrogen-bond donors (Lipinski definition) is 6. The molecule has 0 radical (unpaired) electrons. The van der Waals surface area contributed by atoms with Gasteiger partial charge in [0.15, 0.2) is 0 Å². The van der Waals surface area contributed by atoms with Crippen LogP contribution in [0.15, 0.2) is 0 Å². The SMILES string of the molecule is CC(=O)NCC(=O)N[C@@H](C)C(=O)N[C@@H](CS)C(=O)NCC(=O)O. The van der Waals surface area contributed by atoms with Crippen LogP contribution in [-0.2, 0) is 24.0 Å². The monoisotopic (exact) mass is 348 g/mol. The molecule has 23 heavy (non-hydrogen) atoms. The number of rotatable bonds is 9. The Morgan fingerprint density at radius 3 is 2.09 bits per heavy atom. The average molecular weight is 348 g/mol. The number of thiol groups is 1. The van der Waals surface area contributed by atoms with Crippen LogP contribution in [0.1, 0.15) is 13.8 Å². The summed E-state index contributed by atoms with van der Waals surface area (Å²) >= 11 is 3.91. The molecular weight excluding hydrogens is 328 g/mol. The van der Waals surface area contributed by atoms with Crippen LogP contribution in [0, 0.1) is 0 Å². The highest BCUT2D eigenvalue weighted by atomic mass is 32.1. The quantitative estimate of drug-likeness (QED) is 0.248. The summed E-state index contributed by atoms with van der Waals surface area (Å²) in [4.78, 5) is 56.1. The predicted octanol–water partition coefficient (Wildman–Crippen LogP) is -2.76.